The lowest BCUT2D eigenvalue weighted by atomic mass is 10.1. The Bertz CT molecular complexity index is 549. The predicted molar refractivity (Wildman–Crippen MR) is 74.7 cm³/mol. The molecule has 0 fully saturated rings. The second-order valence-corrected chi connectivity index (χ2v) is 4.61. The van der Waals surface area contributed by atoms with Crippen LogP contribution in [-0.4, -0.2) is 43.2 Å². The summed E-state index contributed by atoms with van der Waals surface area (Å²) in [5, 5.41) is 0. The molecule has 0 bridgehead atoms. The molecule has 0 atom stereocenters. The van der Waals surface area contributed by atoms with Gasteiger partial charge in [-0.25, -0.2) is 4.79 Å². The molecular weight excluding hydrogens is 242 g/mol. The van der Waals surface area contributed by atoms with Crippen LogP contribution in [0, 0.1) is 0 Å². The van der Waals surface area contributed by atoms with Gasteiger partial charge in [0.2, 0.25) is 0 Å². The first-order chi connectivity index (χ1) is 9.06. The minimum absolute atomic E-state index is 0.196. The van der Waals surface area contributed by atoms with Crippen molar-refractivity contribution >= 4 is 23.3 Å². The second-order valence-electron chi connectivity index (χ2n) is 4.61. The highest BCUT2D eigenvalue weighted by Crippen LogP contribution is 2.29. The molecule has 0 saturated carbocycles. The fourth-order valence-corrected chi connectivity index (χ4v) is 2.01. The molecule has 2 rings (SSSR count). The molecule has 0 saturated heterocycles. The minimum Gasteiger partial charge on any atom is -0.329 e. The number of aliphatic imine (C=N–C) groups is 1. The normalized spacial score (nSPS) is 15.8. The molecule has 1 heterocycles. The van der Waals surface area contributed by atoms with E-state index in [1.807, 2.05) is 31.2 Å². The monoisotopic (exact) mass is 259 g/mol. The van der Waals surface area contributed by atoms with E-state index in [2.05, 4.69) is 4.99 Å². The van der Waals surface area contributed by atoms with Gasteiger partial charge in [0.1, 0.15) is 5.71 Å². The zero-order chi connectivity index (χ0) is 14.0. The molecule has 5 heteroatoms. The average molecular weight is 259 g/mol. The number of carbonyl (C=O) groups is 2. The molecule has 0 spiro atoms. The van der Waals surface area contributed by atoms with Crippen LogP contribution >= 0.6 is 0 Å². The van der Waals surface area contributed by atoms with Crippen molar-refractivity contribution in [3.8, 4) is 0 Å². The van der Waals surface area contributed by atoms with Gasteiger partial charge in [-0.15, -0.1) is 0 Å². The summed E-state index contributed by atoms with van der Waals surface area (Å²) in [6.07, 6.45) is 0.856. The number of urea groups is 1. The average Bonchev–Trinajstić information content (AvgIpc) is 2.65. The number of amides is 3. The molecule has 0 unspecified atom stereocenters. The van der Waals surface area contributed by atoms with Crippen LogP contribution in [0.15, 0.2) is 29.3 Å². The van der Waals surface area contributed by atoms with E-state index < -0.39 is 6.03 Å². The Hall–Kier alpha value is -2.17. The van der Waals surface area contributed by atoms with E-state index in [4.69, 9.17) is 0 Å². The number of fused-ring (bicyclic) bond motifs is 1. The third-order valence-electron chi connectivity index (χ3n) is 2.93. The van der Waals surface area contributed by atoms with Gasteiger partial charge >= 0.3 is 6.03 Å². The van der Waals surface area contributed by atoms with Gasteiger partial charge in [-0.05, 0) is 12.5 Å². The standard InChI is InChI=1S/C14H17N3O2/c1-4-9-17-11-8-6-5-7-10(11)12(13(17)18)15-14(19)16(2)3/h5-8H,4,9H2,1-3H3. The third-order valence-corrected chi connectivity index (χ3v) is 2.93. The summed E-state index contributed by atoms with van der Waals surface area (Å²) in [6.45, 7) is 2.64. The summed E-state index contributed by atoms with van der Waals surface area (Å²) >= 11 is 0. The van der Waals surface area contributed by atoms with Crippen molar-refractivity contribution in [1.29, 1.82) is 0 Å². The molecule has 19 heavy (non-hydrogen) atoms. The van der Waals surface area contributed by atoms with E-state index in [1.54, 1.807) is 19.0 Å². The first-order valence-electron chi connectivity index (χ1n) is 6.27. The quantitative estimate of drug-likeness (QED) is 0.814. The zero-order valence-electron chi connectivity index (χ0n) is 11.4. The van der Waals surface area contributed by atoms with Gasteiger partial charge in [0.05, 0.1) is 5.69 Å². The number of benzene rings is 1. The van der Waals surface area contributed by atoms with Crippen molar-refractivity contribution in [2.75, 3.05) is 25.5 Å². The first kappa shape index (κ1) is 13.3. The van der Waals surface area contributed by atoms with E-state index in [9.17, 15) is 9.59 Å². The zero-order valence-corrected chi connectivity index (χ0v) is 11.4. The van der Waals surface area contributed by atoms with E-state index in [0.29, 0.717) is 6.54 Å². The fourth-order valence-electron chi connectivity index (χ4n) is 2.01. The first-order valence-corrected chi connectivity index (χ1v) is 6.27. The lowest BCUT2D eigenvalue weighted by Crippen LogP contribution is -2.31. The summed E-state index contributed by atoms with van der Waals surface area (Å²) in [6, 6.07) is 7.01. The SMILES string of the molecule is CCCN1C(=O)C(=NC(=O)N(C)C)c2ccccc21. The molecule has 0 radical (unpaired) electrons. The minimum atomic E-state index is -0.420. The highest BCUT2D eigenvalue weighted by Gasteiger charge is 2.33. The Morgan fingerprint density at radius 3 is 2.63 bits per heavy atom. The van der Waals surface area contributed by atoms with E-state index in [-0.39, 0.29) is 11.6 Å². The molecule has 0 aliphatic carbocycles. The summed E-state index contributed by atoms with van der Waals surface area (Å²) in [7, 11) is 3.23. The molecule has 1 aromatic rings. The lowest BCUT2D eigenvalue weighted by molar-refractivity contribution is -0.112. The van der Waals surface area contributed by atoms with Crippen LogP contribution < -0.4 is 4.90 Å². The van der Waals surface area contributed by atoms with Crippen molar-refractivity contribution in [1.82, 2.24) is 4.90 Å². The van der Waals surface area contributed by atoms with Gasteiger partial charge in [-0.3, -0.25) is 4.79 Å². The molecule has 5 nitrogen and oxygen atoms in total. The summed E-state index contributed by atoms with van der Waals surface area (Å²) in [5.41, 5.74) is 1.80. The number of rotatable bonds is 2. The molecule has 0 aromatic heterocycles. The number of para-hydroxylation sites is 1. The second kappa shape index (κ2) is 5.22. The molecule has 1 aromatic carbocycles. The van der Waals surface area contributed by atoms with Crippen molar-refractivity contribution in [2.24, 2.45) is 4.99 Å². The smallest absolute Gasteiger partial charge is 0.329 e. The van der Waals surface area contributed by atoms with Crippen molar-refractivity contribution in [2.45, 2.75) is 13.3 Å². The van der Waals surface area contributed by atoms with Gasteiger partial charge in [0.15, 0.2) is 0 Å². The Labute approximate surface area is 112 Å². The van der Waals surface area contributed by atoms with Crippen LogP contribution in [0.5, 0.6) is 0 Å². The summed E-state index contributed by atoms with van der Waals surface area (Å²) in [5.74, 6) is -0.196. The van der Waals surface area contributed by atoms with Crippen LogP contribution in [0.25, 0.3) is 0 Å². The number of anilines is 1. The molecule has 3 amide bonds. The Morgan fingerprint density at radius 2 is 2.00 bits per heavy atom. The van der Waals surface area contributed by atoms with Crippen molar-refractivity contribution in [3.05, 3.63) is 29.8 Å². The van der Waals surface area contributed by atoms with Crippen LogP contribution in [0.2, 0.25) is 0 Å². The van der Waals surface area contributed by atoms with Crippen molar-refractivity contribution < 1.29 is 9.59 Å². The number of nitrogens with zero attached hydrogens (tertiary/aromatic N) is 3. The highest BCUT2D eigenvalue weighted by molar-refractivity contribution is 6.55. The Balaban J connectivity index is 2.47. The molecule has 1 aliphatic rings. The van der Waals surface area contributed by atoms with Gasteiger partial charge < -0.3 is 9.80 Å². The van der Waals surface area contributed by atoms with E-state index >= 15 is 0 Å². The maximum absolute atomic E-state index is 12.3. The maximum Gasteiger partial charge on any atom is 0.343 e. The van der Waals surface area contributed by atoms with Crippen LogP contribution in [0.1, 0.15) is 18.9 Å². The molecule has 100 valence electrons. The van der Waals surface area contributed by atoms with E-state index in [1.165, 1.54) is 4.90 Å². The molecule has 0 N–H and O–H groups in total. The lowest BCUT2D eigenvalue weighted by Gasteiger charge is -2.15. The Morgan fingerprint density at radius 1 is 1.32 bits per heavy atom. The Kier molecular flexibility index (Phi) is 3.64. The van der Waals surface area contributed by atoms with Gasteiger partial charge in [-0.2, -0.15) is 4.99 Å². The summed E-state index contributed by atoms with van der Waals surface area (Å²) in [4.78, 5) is 31.0. The largest absolute Gasteiger partial charge is 0.343 e. The topological polar surface area (TPSA) is 53.0 Å². The van der Waals surface area contributed by atoms with Crippen LogP contribution in [0.4, 0.5) is 10.5 Å². The summed E-state index contributed by atoms with van der Waals surface area (Å²) < 4.78 is 0. The van der Waals surface area contributed by atoms with Crippen LogP contribution in [0.3, 0.4) is 0 Å². The van der Waals surface area contributed by atoms with Crippen molar-refractivity contribution in [3.63, 3.8) is 0 Å². The van der Waals surface area contributed by atoms with Gasteiger partial charge in [-0.1, -0.05) is 25.1 Å². The maximum atomic E-state index is 12.3. The van der Waals surface area contributed by atoms with Gasteiger partial charge in [0.25, 0.3) is 5.91 Å². The predicted octanol–water partition coefficient (Wildman–Crippen LogP) is 1.91. The molecule has 1 aliphatic heterocycles. The van der Waals surface area contributed by atoms with Crippen LogP contribution in [-0.2, 0) is 4.79 Å². The molecular formula is C14H17N3O2. The number of hydrogen-bond acceptors (Lipinski definition) is 2. The van der Waals surface area contributed by atoms with E-state index in [0.717, 1.165) is 17.7 Å². The fraction of sp³-hybridized carbons (Fsp3) is 0.357. The third kappa shape index (κ3) is 2.36. The number of carbonyl (C=O) groups excluding carboxylic acids is 2. The number of hydrogen-bond donors (Lipinski definition) is 0. The van der Waals surface area contributed by atoms with Gasteiger partial charge in [0, 0.05) is 26.2 Å². The highest BCUT2D eigenvalue weighted by atomic mass is 16.2.